The molecule has 0 bridgehead atoms. The Hall–Kier alpha value is 0.0600. The lowest BCUT2D eigenvalue weighted by molar-refractivity contribution is -0.0450. The minimum absolute atomic E-state index is 0.207. The van der Waals surface area contributed by atoms with E-state index >= 15 is 0 Å². The first-order valence-corrected chi connectivity index (χ1v) is 7.49. The van der Waals surface area contributed by atoms with Gasteiger partial charge >= 0.3 is 0 Å². The largest absolute Gasteiger partial charge is 0.393 e. The molecule has 5 heteroatoms. The summed E-state index contributed by atoms with van der Waals surface area (Å²) in [6.45, 7) is 3.19. The third-order valence-electron chi connectivity index (χ3n) is 3.03. The smallest absolute Gasteiger partial charge is 0.0624 e. The summed E-state index contributed by atoms with van der Waals surface area (Å²) in [7, 11) is 2.09. The molecular weight excluding hydrogens is 302 g/mol. The van der Waals surface area contributed by atoms with Gasteiger partial charge in [-0.2, -0.15) is 0 Å². The second kappa shape index (κ2) is 6.29. The average Bonchev–Trinajstić information content (AvgIpc) is 2.67. The number of halogens is 1. The van der Waals surface area contributed by atoms with E-state index < -0.39 is 0 Å². The molecule has 1 aromatic heterocycles. The molecule has 3 nitrogen and oxygen atoms in total. The molecule has 0 radical (unpaired) electrons. The van der Waals surface area contributed by atoms with Gasteiger partial charge in [-0.25, -0.2) is 0 Å². The van der Waals surface area contributed by atoms with Crippen molar-refractivity contribution in [1.29, 1.82) is 0 Å². The molecule has 1 fully saturated rings. The molecule has 1 aliphatic rings. The van der Waals surface area contributed by atoms with E-state index in [1.165, 1.54) is 4.88 Å². The molecule has 1 aromatic rings. The number of nitrogens with zero attached hydrogens (tertiary/aromatic N) is 1. The normalized spacial score (nSPS) is 25.4. The molecule has 1 aliphatic heterocycles. The van der Waals surface area contributed by atoms with Gasteiger partial charge in [0.25, 0.3) is 0 Å². The second-order valence-corrected chi connectivity index (χ2v) is 6.53. The van der Waals surface area contributed by atoms with Crippen molar-refractivity contribution in [1.82, 2.24) is 4.90 Å². The van der Waals surface area contributed by atoms with Gasteiger partial charge in [0.1, 0.15) is 0 Å². The zero-order valence-corrected chi connectivity index (χ0v) is 12.3. The van der Waals surface area contributed by atoms with Crippen LogP contribution in [-0.4, -0.2) is 42.9 Å². The van der Waals surface area contributed by atoms with E-state index in [0.717, 1.165) is 24.0 Å². The van der Waals surface area contributed by atoms with Crippen molar-refractivity contribution in [3.8, 4) is 0 Å². The minimum Gasteiger partial charge on any atom is -0.393 e. The zero-order valence-electron chi connectivity index (χ0n) is 9.93. The third kappa shape index (κ3) is 4.03. The fraction of sp³-hybridized carbons (Fsp3) is 0.667. The quantitative estimate of drug-likeness (QED) is 0.924. The van der Waals surface area contributed by atoms with Crippen LogP contribution in [0.15, 0.2) is 15.9 Å². The lowest BCUT2D eigenvalue weighted by Gasteiger charge is -2.31. The Morgan fingerprint density at radius 1 is 1.65 bits per heavy atom. The van der Waals surface area contributed by atoms with Gasteiger partial charge < -0.3 is 14.7 Å². The van der Waals surface area contributed by atoms with E-state index in [-0.39, 0.29) is 12.0 Å². The highest BCUT2D eigenvalue weighted by molar-refractivity contribution is 9.10. The van der Waals surface area contributed by atoms with Crippen LogP contribution in [0.5, 0.6) is 0 Å². The molecule has 0 aromatic carbocycles. The summed E-state index contributed by atoms with van der Waals surface area (Å²) in [6, 6.07) is 2.15. The fourth-order valence-corrected chi connectivity index (χ4v) is 3.66. The Balaban J connectivity index is 1.82. The Morgan fingerprint density at radius 2 is 2.47 bits per heavy atom. The number of hydrogen-bond acceptors (Lipinski definition) is 4. The van der Waals surface area contributed by atoms with Crippen LogP contribution in [0.25, 0.3) is 0 Å². The maximum Gasteiger partial charge on any atom is 0.0624 e. The van der Waals surface area contributed by atoms with Gasteiger partial charge in [-0.1, -0.05) is 0 Å². The average molecular weight is 320 g/mol. The summed E-state index contributed by atoms with van der Waals surface area (Å²) >= 11 is 5.22. The summed E-state index contributed by atoms with van der Waals surface area (Å²) in [5.74, 6) is 0.247. The summed E-state index contributed by atoms with van der Waals surface area (Å²) in [5.41, 5.74) is 0. The van der Waals surface area contributed by atoms with Crippen LogP contribution in [0.2, 0.25) is 0 Å². The van der Waals surface area contributed by atoms with E-state index in [1.54, 1.807) is 11.3 Å². The van der Waals surface area contributed by atoms with Gasteiger partial charge in [0.05, 0.1) is 12.7 Å². The predicted octanol–water partition coefficient (Wildman–Crippen LogP) is 2.34. The van der Waals surface area contributed by atoms with Gasteiger partial charge in [-0.3, -0.25) is 0 Å². The van der Waals surface area contributed by atoms with Crippen LogP contribution in [-0.2, 0) is 11.3 Å². The highest BCUT2D eigenvalue weighted by Gasteiger charge is 2.24. The summed E-state index contributed by atoms with van der Waals surface area (Å²) in [5, 5.41) is 12.0. The summed E-state index contributed by atoms with van der Waals surface area (Å²) in [4.78, 5) is 3.59. The molecule has 2 rings (SSSR count). The lowest BCUT2D eigenvalue weighted by atomic mass is 9.98. The number of rotatable bonds is 4. The van der Waals surface area contributed by atoms with Crippen LogP contribution >= 0.6 is 27.3 Å². The fourth-order valence-electron chi connectivity index (χ4n) is 2.13. The molecule has 0 spiro atoms. The highest BCUT2D eigenvalue weighted by Crippen LogP contribution is 2.22. The molecule has 1 saturated heterocycles. The van der Waals surface area contributed by atoms with Crippen molar-refractivity contribution in [3.05, 3.63) is 20.8 Å². The Bertz CT molecular complexity index is 358. The number of aliphatic hydroxyl groups is 1. The van der Waals surface area contributed by atoms with Gasteiger partial charge in [0.2, 0.25) is 0 Å². The maximum absolute atomic E-state index is 9.88. The van der Waals surface area contributed by atoms with Gasteiger partial charge in [0, 0.05) is 40.3 Å². The Morgan fingerprint density at radius 3 is 3.12 bits per heavy atom. The molecular formula is C12H18BrNO2S. The van der Waals surface area contributed by atoms with E-state index in [9.17, 15) is 5.11 Å². The van der Waals surface area contributed by atoms with Crippen molar-refractivity contribution in [2.75, 3.05) is 26.8 Å². The maximum atomic E-state index is 9.88. The Kier molecular flexibility index (Phi) is 4.99. The van der Waals surface area contributed by atoms with E-state index in [2.05, 4.69) is 39.3 Å². The van der Waals surface area contributed by atoms with Gasteiger partial charge in [-0.05, 0) is 35.5 Å². The molecule has 1 N–H and O–H groups in total. The number of ether oxygens (including phenoxy) is 1. The monoisotopic (exact) mass is 319 g/mol. The number of hydrogen-bond donors (Lipinski definition) is 1. The van der Waals surface area contributed by atoms with Gasteiger partial charge in [-0.15, -0.1) is 11.3 Å². The first-order chi connectivity index (χ1) is 8.15. The zero-order chi connectivity index (χ0) is 12.3. The topological polar surface area (TPSA) is 32.7 Å². The molecule has 2 unspecified atom stereocenters. The van der Waals surface area contributed by atoms with Crippen molar-refractivity contribution < 1.29 is 9.84 Å². The molecule has 96 valence electrons. The standard InChI is InChI=1S/C12H18BrNO2S/c1-14(6-11-4-10(13)8-17-11)5-9-7-16-3-2-12(9)15/h4,8-9,12,15H,2-3,5-7H2,1H3. The highest BCUT2D eigenvalue weighted by atomic mass is 79.9. The van der Waals surface area contributed by atoms with Gasteiger partial charge in [0.15, 0.2) is 0 Å². The van der Waals surface area contributed by atoms with Crippen molar-refractivity contribution in [3.63, 3.8) is 0 Å². The third-order valence-corrected chi connectivity index (χ3v) is 4.71. The Labute approximate surface area is 115 Å². The SMILES string of the molecule is CN(Cc1cc(Br)cs1)CC1COCCC1O. The van der Waals surface area contributed by atoms with Crippen LogP contribution in [0.4, 0.5) is 0 Å². The first kappa shape index (κ1) is 13.5. The lowest BCUT2D eigenvalue weighted by Crippen LogP contribution is -2.39. The summed E-state index contributed by atoms with van der Waals surface area (Å²) < 4.78 is 6.56. The van der Waals surface area contributed by atoms with E-state index in [0.29, 0.717) is 13.2 Å². The van der Waals surface area contributed by atoms with Crippen molar-refractivity contribution in [2.24, 2.45) is 5.92 Å². The van der Waals surface area contributed by atoms with E-state index in [4.69, 9.17) is 4.74 Å². The summed E-state index contributed by atoms with van der Waals surface area (Å²) in [6.07, 6.45) is 0.560. The second-order valence-electron chi connectivity index (χ2n) is 4.62. The van der Waals surface area contributed by atoms with Crippen LogP contribution < -0.4 is 0 Å². The molecule has 2 atom stereocenters. The van der Waals surface area contributed by atoms with Crippen LogP contribution in [0.1, 0.15) is 11.3 Å². The molecule has 17 heavy (non-hydrogen) atoms. The number of thiophene rings is 1. The minimum atomic E-state index is -0.207. The molecule has 2 heterocycles. The molecule has 0 saturated carbocycles. The first-order valence-electron chi connectivity index (χ1n) is 5.82. The van der Waals surface area contributed by atoms with Crippen LogP contribution in [0.3, 0.4) is 0 Å². The number of aliphatic hydroxyl groups excluding tert-OH is 1. The predicted molar refractivity (Wildman–Crippen MR) is 73.3 cm³/mol. The molecule has 0 aliphatic carbocycles. The van der Waals surface area contributed by atoms with Crippen molar-refractivity contribution in [2.45, 2.75) is 19.1 Å². The molecule has 0 amide bonds. The van der Waals surface area contributed by atoms with Crippen molar-refractivity contribution >= 4 is 27.3 Å². The van der Waals surface area contributed by atoms with Crippen LogP contribution in [0, 0.1) is 5.92 Å². The van der Waals surface area contributed by atoms with E-state index in [1.807, 2.05) is 0 Å².